The van der Waals surface area contributed by atoms with Crippen molar-refractivity contribution < 1.29 is 0 Å². The Morgan fingerprint density at radius 1 is 1.22 bits per heavy atom. The lowest BCUT2D eigenvalue weighted by molar-refractivity contribution is 0.151. The second kappa shape index (κ2) is 7.73. The van der Waals surface area contributed by atoms with Crippen LogP contribution in [-0.2, 0) is 0 Å². The van der Waals surface area contributed by atoms with Crippen molar-refractivity contribution in [2.24, 2.45) is 0 Å². The van der Waals surface area contributed by atoms with Gasteiger partial charge in [-0.25, -0.2) is 0 Å². The molecule has 18 heavy (non-hydrogen) atoms. The number of nitriles is 1. The largest absolute Gasteiger partial charge is 0.304 e. The first-order valence-corrected chi connectivity index (χ1v) is 7.17. The molecule has 4 nitrogen and oxygen atoms in total. The number of nitrogens with zero attached hydrogens (tertiary/aromatic N) is 3. The van der Waals surface area contributed by atoms with Crippen molar-refractivity contribution in [1.29, 1.82) is 5.26 Å². The molecular weight excluding hydrogens is 224 g/mol. The smallest absolute Gasteiger partial charge is 0.103 e. The molecule has 0 radical (unpaired) electrons. The van der Waals surface area contributed by atoms with Crippen molar-refractivity contribution in [3.63, 3.8) is 0 Å². The van der Waals surface area contributed by atoms with Crippen LogP contribution in [0, 0.1) is 11.3 Å². The van der Waals surface area contributed by atoms with Gasteiger partial charge in [0.2, 0.25) is 0 Å². The van der Waals surface area contributed by atoms with Gasteiger partial charge in [0, 0.05) is 26.2 Å². The van der Waals surface area contributed by atoms with Gasteiger partial charge in [-0.1, -0.05) is 6.92 Å². The van der Waals surface area contributed by atoms with E-state index in [1.54, 1.807) is 0 Å². The Balaban J connectivity index is 2.13. The van der Waals surface area contributed by atoms with Crippen LogP contribution >= 0.6 is 0 Å². The van der Waals surface area contributed by atoms with Gasteiger partial charge in [-0.2, -0.15) is 5.26 Å². The number of unbranched alkanes of at least 4 members (excludes halogenated alkanes) is 1. The van der Waals surface area contributed by atoms with Crippen LogP contribution in [0.4, 0.5) is 0 Å². The first kappa shape index (κ1) is 15.4. The quantitative estimate of drug-likeness (QED) is 0.694. The Bertz CT molecular complexity index is 265. The van der Waals surface area contributed by atoms with E-state index in [2.05, 4.69) is 35.2 Å². The standard InChI is InChI=1S/C14H28N4/c1-4-16-14(2,13-15)7-5-6-8-18-11-9-17(3)10-12-18/h16H,4-12H2,1-3H3. The van der Waals surface area contributed by atoms with E-state index in [0.29, 0.717) is 0 Å². The zero-order chi connectivity index (χ0) is 13.4. The lowest BCUT2D eigenvalue weighted by Gasteiger charge is -2.32. The van der Waals surface area contributed by atoms with Crippen molar-refractivity contribution >= 4 is 0 Å². The second-order valence-electron chi connectivity index (χ2n) is 5.58. The lowest BCUT2D eigenvalue weighted by Crippen LogP contribution is -2.45. The Morgan fingerprint density at radius 2 is 1.89 bits per heavy atom. The minimum absolute atomic E-state index is 0.336. The minimum Gasteiger partial charge on any atom is -0.304 e. The van der Waals surface area contributed by atoms with Crippen LogP contribution in [0.2, 0.25) is 0 Å². The average Bonchev–Trinajstić information content (AvgIpc) is 2.37. The Hall–Kier alpha value is -0.630. The summed E-state index contributed by atoms with van der Waals surface area (Å²) in [7, 11) is 2.19. The van der Waals surface area contributed by atoms with Crippen LogP contribution in [0.5, 0.6) is 0 Å². The molecule has 0 aromatic heterocycles. The van der Waals surface area contributed by atoms with Crippen molar-refractivity contribution in [3.05, 3.63) is 0 Å². The molecule has 0 amide bonds. The Labute approximate surface area is 112 Å². The molecular formula is C14H28N4. The SMILES string of the molecule is CCNC(C)(C#N)CCCCN1CCN(C)CC1. The normalized spacial score (nSPS) is 21.4. The van der Waals surface area contributed by atoms with Crippen molar-refractivity contribution in [2.45, 2.75) is 38.6 Å². The molecule has 0 saturated carbocycles. The topological polar surface area (TPSA) is 42.3 Å². The Kier molecular flexibility index (Phi) is 6.62. The Morgan fingerprint density at radius 3 is 2.44 bits per heavy atom. The van der Waals surface area contributed by atoms with Gasteiger partial charge >= 0.3 is 0 Å². The van der Waals surface area contributed by atoms with Crippen molar-refractivity contribution in [3.8, 4) is 6.07 Å². The van der Waals surface area contributed by atoms with E-state index in [-0.39, 0.29) is 5.54 Å². The summed E-state index contributed by atoms with van der Waals surface area (Å²) in [5.74, 6) is 0. The van der Waals surface area contributed by atoms with Gasteiger partial charge in [-0.3, -0.25) is 5.32 Å². The lowest BCUT2D eigenvalue weighted by atomic mass is 9.96. The highest BCUT2D eigenvalue weighted by atomic mass is 15.2. The van der Waals surface area contributed by atoms with E-state index < -0.39 is 0 Å². The molecule has 1 aliphatic rings. The maximum atomic E-state index is 9.17. The van der Waals surface area contributed by atoms with Crippen LogP contribution in [0.25, 0.3) is 0 Å². The third-order valence-electron chi connectivity index (χ3n) is 3.81. The third-order valence-corrected chi connectivity index (χ3v) is 3.81. The number of hydrogen-bond acceptors (Lipinski definition) is 4. The predicted octanol–water partition coefficient (Wildman–Crippen LogP) is 1.30. The summed E-state index contributed by atoms with van der Waals surface area (Å²) >= 11 is 0. The highest BCUT2D eigenvalue weighted by Crippen LogP contribution is 2.13. The zero-order valence-electron chi connectivity index (χ0n) is 12.2. The second-order valence-corrected chi connectivity index (χ2v) is 5.58. The van der Waals surface area contributed by atoms with E-state index in [1.165, 1.54) is 39.1 Å². The maximum absolute atomic E-state index is 9.17. The van der Waals surface area contributed by atoms with E-state index in [4.69, 9.17) is 5.26 Å². The monoisotopic (exact) mass is 252 g/mol. The third kappa shape index (κ3) is 5.34. The van der Waals surface area contributed by atoms with Gasteiger partial charge in [-0.15, -0.1) is 0 Å². The average molecular weight is 252 g/mol. The van der Waals surface area contributed by atoms with Crippen molar-refractivity contribution in [1.82, 2.24) is 15.1 Å². The van der Waals surface area contributed by atoms with Crippen molar-refractivity contribution in [2.75, 3.05) is 46.3 Å². The van der Waals surface area contributed by atoms with Crippen LogP contribution < -0.4 is 5.32 Å². The van der Waals surface area contributed by atoms with Gasteiger partial charge in [-0.05, 0) is 46.3 Å². The van der Waals surface area contributed by atoms with Crippen LogP contribution in [0.15, 0.2) is 0 Å². The molecule has 0 aromatic carbocycles. The van der Waals surface area contributed by atoms with E-state index in [0.717, 1.165) is 19.4 Å². The minimum atomic E-state index is -0.336. The number of nitrogens with one attached hydrogen (secondary N) is 1. The molecule has 0 bridgehead atoms. The molecule has 1 rings (SSSR count). The van der Waals surface area contributed by atoms with Gasteiger partial charge in [0.1, 0.15) is 5.54 Å². The van der Waals surface area contributed by atoms with Gasteiger partial charge < -0.3 is 9.80 Å². The highest BCUT2D eigenvalue weighted by Gasteiger charge is 2.21. The van der Waals surface area contributed by atoms with Gasteiger partial charge in [0.25, 0.3) is 0 Å². The molecule has 1 unspecified atom stereocenters. The molecule has 1 fully saturated rings. The summed E-state index contributed by atoms with van der Waals surface area (Å²) in [5, 5.41) is 12.4. The fourth-order valence-corrected chi connectivity index (χ4v) is 2.46. The molecule has 0 aliphatic carbocycles. The number of likely N-dealkylation sites (N-methyl/N-ethyl adjacent to an activating group) is 1. The van der Waals surface area contributed by atoms with Gasteiger partial charge in [0.05, 0.1) is 6.07 Å². The molecule has 0 aromatic rings. The summed E-state index contributed by atoms with van der Waals surface area (Å²) < 4.78 is 0. The molecule has 4 heteroatoms. The predicted molar refractivity (Wildman–Crippen MR) is 75.5 cm³/mol. The van der Waals surface area contributed by atoms with Crippen LogP contribution in [0.1, 0.15) is 33.1 Å². The number of piperazine rings is 1. The molecule has 1 aliphatic heterocycles. The summed E-state index contributed by atoms with van der Waals surface area (Å²) in [5.41, 5.74) is -0.336. The van der Waals surface area contributed by atoms with Crippen LogP contribution in [0.3, 0.4) is 0 Å². The number of rotatable bonds is 7. The summed E-state index contributed by atoms with van der Waals surface area (Å²) in [6, 6.07) is 2.39. The van der Waals surface area contributed by atoms with E-state index >= 15 is 0 Å². The summed E-state index contributed by atoms with van der Waals surface area (Å²) in [4.78, 5) is 4.92. The maximum Gasteiger partial charge on any atom is 0.103 e. The highest BCUT2D eigenvalue weighted by molar-refractivity contribution is 5.03. The van der Waals surface area contributed by atoms with E-state index in [1.807, 2.05) is 6.92 Å². The molecule has 104 valence electrons. The first-order valence-electron chi connectivity index (χ1n) is 7.17. The molecule has 1 atom stereocenters. The molecule has 1 heterocycles. The fourth-order valence-electron chi connectivity index (χ4n) is 2.46. The molecule has 0 spiro atoms. The zero-order valence-corrected chi connectivity index (χ0v) is 12.2. The van der Waals surface area contributed by atoms with Gasteiger partial charge in [0.15, 0.2) is 0 Å². The summed E-state index contributed by atoms with van der Waals surface area (Å²) in [6.45, 7) is 10.9. The fraction of sp³-hybridized carbons (Fsp3) is 0.929. The molecule has 1 saturated heterocycles. The number of hydrogen-bond donors (Lipinski definition) is 1. The molecule has 1 N–H and O–H groups in total. The van der Waals surface area contributed by atoms with Crippen LogP contribution in [-0.4, -0.2) is 61.7 Å². The first-order chi connectivity index (χ1) is 8.59. The van der Waals surface area contributed by atoms with E-state index in [9.17, 15) is 0 Å². The summed E-state index contributed by atoms with van der Waals surface area (Å²) in [6.07, 6.45) is 3.28.